The summed E-state index contributed by atoms with van der Waals surface area (Å²) in [7, 11) is 1.61. The number of hydrogen-bond donors (Lipinski definition) is 1. The van der Waals surface area contributed by atoms with Gasteiger partial charge in [-0.3, -0.25) is 0 Å². The van der Waals surface area contributed by atoms with E-state index in [2.05, 4.69) is 11.8 Å². The van der Waals surface area contributed by atoms with E-state index in [1.165, 1.54) is 0 Å². The number of methoxy groups -OCH3 is 1. The normalized spacial score (nSPS) is 13.0. The van der Waals surface area contributed by atoms with Crippen molar-refractivity contribution < 1.29 is 9.84 Å². The standard InChI is InChI=1S/C17H16O2/c1-17(18,15-9-4-3-5-10-15)13-12-14-8-6-7-11-16(14)19-2/h3-11,18H,1-2H3. The first-order valence-corrected chi connectivity index (χ1v) is 6.07. The summed E-state index contributed by atoms with van der Waals surface area (Å²) in [5, 5.41) is 10.4. The van der Waals surface area contributed by atoms with Crippen LogP contribution in [0.15, 0.2) is 54.6 Å². The molecule has 0 fully saturated rings. The quantitative estimate of drug-likeness (QED) is 0.833. The lowest BCUT2D eigenvalue weighted by Crippen LogP contribution is -2.18. The first-order chi connectivity index (χ1) is 9.13. The topological polar surface area (TPSA) is 29.5 Å². The molecule has 2 rings (SSSR count). The summed E-state index contributed by atoms with van der Waals surface area (Å²) in [6.45, 7) is 1.69. The Kier molecular flexibility index (Phi) is 3.89. The smallest absolute Gasteiger partial charge is 0.148 e. The van der Waals surface area contributed by atoms with Crippen LogP contribution in [-0.4, -0.2) is 12.2 Å². The van der Waals surface area contributed by atoms with Gasteiger partial charge in [-0.25, -0.2) is 0 Å². The highest BCUT2D eigenvalue weighted by atomic mass is 16.5. The third-order valence-electron chi connectivity index (χ3n) is 2.88. The van der Waals surface area contributed by atoms with Crippen molar-refractivity contribution in [2.75, 3.05) is 7.11 Å². The lowest BCUT2D eigenvalue weighted by molar-refractivity contribution is 0.122. The van der Waals surface area contributed by atoms with E-state index in [1.54, 1.807) is 14.0 Å². The van der Waals surface area contributed by atoms with Crippen molar-refractivity contribution in [1.29, 1.82) is 0 Å². The highest BCUT2D eigenvalue weighted by Gasteiger charge is 2.19. The summed E-state index contributed by atoms with van der Waals surface area (Å²) in [5.41, 5.74) is 0.362. The maximum Gasteiger partial charge on any atom is 0.148 e. The SMILES string of the molecule is COc1ccccc1C#CC(C)(O)c1ccccc1. The van der Waals surface area contributed by atoms with Crippen molar-refractivity contribution >= 4 is 0 Å². The van der Waals surface area contributed by atoms with Crippen LogP contribution < -0.4 is 4.74 Å². The molecule has 1 N–H and O–H groups in total. The molecule has 0 spiro atoms. The van der Waals surface area contributed by atoms with Crippen LogP contribution in [0.2, 0.25) is 0 Å². The Morgan fingerprint density at radius 3 is 2.32 bits per heavy atom. The second kappa shape index (κ2) is 5.60. The summed E-state index contributed by atoms with van der Waals surface area (Å²) < 4.78 is 5.23. The Morgan fingerprint density at radius 2 is 1.63 bits per heavy atom. The van der Waals surface area contributed by atoms with E-state index >= 15 is 0 Å². The van der Waals surface area contributed by atoms with Crippen LogP contribution in [0.25, 0.3) is 0 Å². The summed E-state index contributed by atoms with van der Waals surface area (Å²) >= 11 is 0. The number of rotatable bonds is 2. The fourth-order valence-corrected chi connectivity index (χ4v) is 1.77. The predicted molar refractivity (Wildman–Crippen MR) is 75.9 cm³/mol. The number of benzene rings is 2. The fraction of sp³-hybridized carbons (Fsp3) is 0.176. The molecule has 0 heterocycles. The second-order valence-electron chi connectivity index (χ2n) is 4.39. The summed E-state index contributed by atoms with van der Waals surface area (Å²) in [5.74, 6) is 6.58. The van der Waals surface area contributed by atoms with Gasteiger partial charge in [0, 0.05) is 0 Å². The molecule has 19 heavy (non-hydrogen) atoms. The third-order valence-corrected chi connectivity index (χ3v) is 2.88. The number of para-hydroxylation sites is 1. The Hall–Kier alpha value is -2.24. The average molecular weight is 252 g/mol. The van der Waals surface area contributed by atoms with Gasteiger partial charge < -0.3 is 9.84 Å². The molecular formula is C17H16O2. The molecule has 1 atom stereocenters. The van der Waals surface area contributed by atoms with Gasteiger partial charge >= 0.3 is 0 Å². The van der Waals surface area contributed by atoms with Crippen LogP contribution in [0, 0.1) is 11.8 Å². The molecule has 0 saturated carbocycles. The van der Waals surface area contributed by atoms with E-state index < -0.39 is 5.60 Å². The molecular weight excluding hydrogens is 236 g/mol. The summed E-state index contributed by atoms with van der Waals surface area (Å²) in [4.78, 5) is 0. The van der Waals surface area contributed by atoms with Crippen LogP contribution in [-0.2, 0) is 5.60 Å². The molecule has 0 aliphatic heterocycles. The zero-order valence-corrected chi connectivity index (χ0v) is 11.1. The van der Waals surface area contributed by atoms with Gasteiger partial charge in [-0.2, -0.15) is 0 Å². The Morgan fingerprint density at radius 1 is 1.00 bits per heavy atom. The molecule has 0 radical (unpaired) electrons. The number of ether oxygens (including phenoxy) is 1. The molecule has 0 aromatic heterocycles. The van der Waals surface area contributed by atoms with Crippen molar-refractivity contribution in [2.24, 2.45) is 0 Å². The second-order valence-corrected chi connectivity index (χ2v) is 4.39. The van der Waals surface area contributed by atoms with Crippen molar-refractivity contribution in [3.63, 3.8) is 0 Å². The van der Waals surface area contributed by atoms with Crippen molar-refractivity contribution in [1.82, 2.24) is 0 Å². The summed E-state index contributed by atoms with van der Waals surface area (Å²) in [6.07, 6.45) is 0. The molecule has 96 valence electrons. The van der Waals surface area contributed by atoms with Crippen molar-refractivity contribution in [2.45, 2.75) is 12.5 Å². The first kappa shape index (κ1) is 13.2. The first-order valence-electron chi connectivity index (χ1n) is 6.07. The molecule has 2 aromatic carbocycles. The molecule has 0 aliphatic rings. The van der Waals surface area contributed by atoms with Gasteiger partial charge in [-0.15, -0.1) is 0 Å². The van der Waals surface area contributed by atoms with E-state index in [0.717, 1.165) is 11.1 Å². The average Bonchev–Trinajstić information content (AvgIpc) is 2.46. The Labute approximate surface area is 113 Å². The van der Waals surface area contributed by atoms with E-state index in [9.17, 15) is 5.11 Å². The molecule has 0 amide bonds. The van der Waals surface area contributed by atoms with E-state index in [4.69, 9.17) is 4.74 Å². The molecule has 2 nitrogen and oxygen atoms in total. The highest BCUT2D eigenvalue weighted by molar-refractivity contribution is 5.47. The minimum absolute atomic E-state index is 0.707. The minimum Gasteiger partial charge on any atom is -0.495 e. The van der Waals surface area contributed by atoms with Gasteiger partial charge in [0.1, 0.15) is 11.4 Å². The largest absolute Gasteiger partial charge is 0.495 e. The van der Waals surface area contributed by atoms with Crippen molar-refractivity contribution in [3.05, 3.63) is 65.7 Å². The van der Waals surface area contributed by atoms with Gasteiger partial charge in [-0.05, 0) is 24.6 Å². The van der Waals surface area contributed by atoms with E-state index in [-0.39, 0.29) is 0 Å². The monoisotopic (exact) mass is 252 g/mol. The van der Waals surface area contributed by atoms with Crippen LogP contribution >= 0.6 is 0 Å². The Bertz CT molecular complexity index is 604. The molecule has 1 unspecified atom stereocenters. The maximum atomic E-state index is 10.4. The summed E-state index contributed by atoms with van der Waals surface area (Å²) in [6, 6.07) is 16.9. The highest BCUT2D eigenvalue weighted by Crippen LogP contribution is 2.20. The predicted octanol–water partition coefficient (Wildman–Crippen LogP) is 2.95. The third kappa shape index (κ3) is 3.15. The van der Waals surface area contributed by atoms with Crippen LogP contribution in [0.4, 0.5) is 0 Å². The Balaban J connectivity index is 2.33. The maximum absolute atomic E-state index is 10.4. The lowest BCUT2D eigenvalue weighted by Gasteiger charge is -2.16. The minimum atomic E-state index is -1.18. The van der Waals surface area contributed by atoms with Gasteiger partial charge in [0.15, 0.2) is 0 Å². The zero-order chi connectivity index (χ0) is 13.7. The van der Waals surface area contributed by atoms with E-state index in [1.807, 2.05) is 54.6 Å². The molecule has 2 aromatic rings. The number of hydrogen-bond acceptors (Lipinski definition) is 2. The zero-order valence-electron chi connectivity index (χ0n) is 11.1. The van der Waals surface area contributed by atoms with Gasteiger partial charge in [0.2, 0.25) is 0 Å². The molecule has 0 saturated heterocycles. The van der Waals surface area contributed by atoms with Crippen LogP contribution in [0.3, 0.4) is 0 Å². The molecule has 2 heteroatoms. The van der Waals surface area contributed by atoms with Gasteiger partial charge in [0.25, 0.3) is 0 Å². The number of aliphatic hydroxyl groups is 1. The van der Waals surface area contributed by atoms with Gasteiger partial charge in [-0.1, -0.05) is 54.3 Å². The lowest BCUT2D eigenvalue weighted by atomic mass is 9.96. The van der Waals surface area contributed by atoms with Gasteiger partial charge in [0.05, 0.1) is 12.7 Å². The van der Waals surface area contributed by atoms with E-state index in [0.29, 0.717) is 5.75 Å². The van der Waals surface area contributed by atoms with Crippen LogP contribution in [0.5, 0.6) is 5.75 Å². The molecule has 0 aliphatic carbocycles. The van der Waals surface area contributed by atoms with Crippen LogP contribution in [0.1, 0.15) is 18.1 Å². The van der Waals surface area contributed by atoms with Crippen molar-refractivity contribution in [3.8, 4) is 17.6 Å². The fourth-order valence-electron chi connectivity index (χ4n) is 1.77. The molecule has 0 bridgehead atoms.